The van der Waals surface area contributed by atoms with E-state index in [0.29, 0.717) is 6.04 Å². The van der Waals surface area contributed by atoms with Crippen molar-refractivity contribution in [3.63, 3.8) is 0 Å². The zero-order valence-corrected chi connectivity index (χ0v) is 7.77. The molecule has 1 aliphatic heterocycles. The molecule has 1 aromatic rings. The molecule has 4 heteroatoms. The molecule has 1 aliphatic rings. The van der Waals surface area contributed by atoms with Gasteiger partial charge in [-0.05, 0) is 13.3 Å². The summed E-state index contributed by atoms with van der Waals surface area (Å²) in [5, 5.41) is 0. The first kappa shape index (κ1) is 8.44. The van der Waals surface area contributed by atoms with Crippen LogP contribution in [0, 0.1) is 6.92 Å². The summed E-state index contributed by atoms with van der Waals surface area (Å²) in [6.45, 7) is 3.85. The standard InChI is InChI=1S/C9H14N4/c1-7-4-11-5-9(12-7)13-3-2-8(10)6-13/h4-5,8H,2-3,6,10H2,1H3. The van der Waals surface area contributed by atoms with Gasteiger partial charge >= 0.3 is 0 Å². The van der Waals surface area contributed by atoms with Crippen molar-refractivity contribution in [1.82, 2.24) is 9.97 Å². The lowest BCUT2D eigenvalue weighted by atomic mass is 10.3. The summed E-state index contributed by atoms with van der Waals surface area (Å²) in [5.41, 5.74) is 6.77. The van der Waals surface area contributed by atoms with Crippen LogP contribution < -0.4 is 10.6 Å². The topological polar surface area (TPSA) is 55.0 Å². The molecule has 0 radical (unpaired) electrons. The molecule has 0 saturated carbocycles. The number of nitrogens with zero attached hydrogens (tertiary/aromatic N) is 3. The first-order valence-electron chi connectivity index (χ1n) is 4.55. The monoisotopic (exact) mass is 178 g/mol. The predicted octanol–water partition coefficient (Wildman–Crippen LogP) is 0.322. The second-order valence-electron chi connectivity index (χ2n) is 3.51. The van der Waals surface area contributed by atoms with Crippen molar-refractivity contribution in [3.05, 3.63) is 18.1 Å². The van der Waals surface area contributed by atoms with Crippen molar-refractivity contribution in [2.75, 3.05) is 18.0 Å². The first-order valence-corrected chi connectivity index (χ1v) is 4.55. The molecule has 0 spiro atoms. The Morgan fingerprint density at radius 3 is 3.00 bits per heavy atom. The molecular weight excluding hydrogens is 164 g/mol. The Hall–Kier alpha value is -1.16. The predicted molar refractivity (Wildman–Crippen MR) is 51.6 cm³/mol. The highest BCUT2D eigenvalue weighted by Gasteiger charge is 2.20. The second-order valence-corrected chi connectivity index (χ2v) is 3.51. The molecule has 0 amide bonds. The summed E-state index contributed by atoms with van der Waals surface area (Å²) in [6.07, 6.45) is 4.61. The van der Waals surface area contributed by atoms with Crippen LogP contribution in [-0.4, -0.2) is 29.1 Å². The fourth-order valence-electron chi connectivity index (χ4n) is 1.60. The molecular formula is C9H14N4. The van der Waals surface area contributed by atoms with E-state index in [1.165, 1.54) is 0 Å². The van der Waals surface area contributed by atoms with E-state index in [1.807, 2.05) is 6.92 Å². The van der Waals surface area contributed by atoms with E-state index < -0.39 is 0 Å². The summed E-state index contributed by atoms with van der Waals surface area (Å²) >= 11 is 0. The van der Waals surface area contributed by atoms with Crippen LogP contribution in [0.15, 0.2) is 12.4 Å². The molecule has 2 rings (SSSR count). The van der Waals surface area contributed by atoms with Crippen LogP contribution in [0.1, 0.15) is 12.1 Å². The van der Waals surface area contributed by atoms with E-state index >= 15 is 0 Å². The molecule has 0 aliphatic carbocycles. The average Bonchev–Trinajstić information content (AvgIpc) is 2.52. The summed E-state index contributed by atoms with van der Waals surface area (Å²) < 4.78 is 0. The average molecular weight is 178 g/mol. The van der Waals surface area contributed by atoms with Gasteiger partial charge in [-0.15, -0.1) is 0 Å². The highest BCUT2D eigenvalue weighted by molar-refractivity contribution is 5.37. The lowest BCUT2D eigenvalue weighted by Crippen LogP contribution is -2.27. The van der Waals surface area contributed by atoms with Gasteiger partial charge < -0.3 is 10.6 Å². The van der Waals surface area contributed by atoms with Crippen molar-refractivity contribution in [3.8, 4) is 0 Å². The van der Waals surface area contributed by atoms with Crippen LogP contribution in [0.5, 0.6) is 0 Å². The van der Waals surface area contributed by atoms with Gasteiger partial charge in [0.05, 0.1) is 11.9 Å². The van der Waals surface area contributed by atoms with Crippen molar-refractivity contribution in [1.29, 1.82) is 0 Å². The maximum Gasteiger partial charge on any atom is 0.147 e. The molecule has 1 fully saturated rings. The zero-order chi connectivity index (χ0) is 9.26. The van der Waals surface area contributed by atoms with Gasteiger partial charge in [-0.3, -0.25) is 4.98 Å². The zero-order valence-electron chi connectivity index (χ0n) is 7.77. The molecule has 0 aromatic carbocycles. The fourth-order valence-corrected chi connectivity index (χ4v) is 1.60. The number of anilines is 1. The van der Waals surface area contributed by atoms with Gasteiger partial charge in [0.25, 0.3) is 0 Å². The van der Waals surface area contributed by atoms with Crippen LogP contribution in [0.4, 0.5) is 5.82 Å². The van der Waals surface area contributed by atoms with E-state index in [1.54, 1.807) is 12.4 Å². The minimum absolute atomic E-state index is 0.294. The normalized spacial score (nSPS) is 22.3. The van der Waals surface area contributed by atoms with Gasteiger partial charge in [0.2, 0.25) is 0 Å². The quantitative estimate of drug-likeness (QED) is 0.673. The summed E-state index contributed by atoms with van der Waals surface area (Å²) in [6, 6.07) is 0.294. The highest BCUT2D eigenvalue weighted by atomic mass is 15.2. The maximum atomic E-state index is 5.81. The molecule has 1 atom stereocenters. The molecule has 2 N–H and O–H groups in total. The summed E-state index contributed by atoms with van der Waals surface area (Å²) in [5.74, 6) is 0.952. The molecule has 2 heterocycles. The Balaban J connectivity index is 2.16. The van der Waals surface area contributed by atoms with Gasteiger partial charge in [0, 0.05) is 25.3 Å². The van der Waals surface area contributed by atoms with E-state index in [4.69, 9.17) is 5.73 Å². The van der Waals surface area contributed by atoms with Gasteiger partial charge in [-0.2, -0.15) is 0 Å². The number of hydrogen-bond acceptors (Lipinski definition) is 4. The Morgan fingerprint density at radius 2 is 2.38 bits per heavy atom. The maximum absolute atomic E-state index is 5.81. The molecule has 1 saturated heterocycles. The number of aryl methyl sites for hydroxylation is 1. The van der Waals surface area contributed by atoms with Crippen LogP contribution in [-0.2, 0) is 0 Å². The number of rotatable bonds is 1. The third-order valence-electron chi connectivity index (χ3n) is 2.29. The summed E-state index contributed by atoms with van der Waals surface area (Å²) in [7, 11) is 0. The third-order valence-corrected chi connectivity index (χ3v) is 2.29. The number of hydrogen-bond donors (Lipinski definition) is 1. The van der Waals surface area contributed by atoms with Crippen molar-refractivity contribution >= 4 is 5.82 Å². The van der Waals surface area contributed by atoms with Crippen LogP contribution in [0.3, 0.4) is 0 Å². The SMILES string of the molecule is Cc1cncc(N2CCC(N)C2)n1. The fraction of sp³-hybridized carbons (Fsp3) is 0.556. The molecule has 1 aromatic heterocycles. The molecule has 13 heavy (non-hydrogen) atoms. The van der Waals surface area contributed by atoms with Crippen LogP contribution >= 0.6 is 0 Å². The second kappa shape index (κ2) is 3.30. The lowest BCUT2D eigenvalue weighted by Gasteiger charge is -2.16. The number of aromatic nitrogens is 2. The van der Waals surface area contributed by atoms with E-state index in [2.05, 4.69) is 14.9 Å². The molecule has 4 nitrogen and oxygen atoms in total. The minimum atomic E-state index is 0.294. The lowest BCUT2D eigenvalue weighted by molar-refractivity contribution is 0.751. The molecule has 70 valence electrons. The van der Waals surface area contributed by atoms with Crippen molar-refractivity contribution in [2.24, 2.45) is 5.73 Å². The minimum Gasteiger partial charge on any atom is -0.354 e. The van der Waals surface area contributed by atoms with E-state index in [9.17, 15) is 0 Å². The highest BCUT2D eigenvalue weighted by Crippen LogP contribution is 2.15. The Labute approximate surface area is 77.8 Å². The van der Waals surface area contributed by atoms with Crippen LogP contribution in [0.25, 0.3) is 0 Å². The van der Waals surface area contributed by atoms with E-state index in [0.717, 1.165) is 31.0 Å². The smallest absolute Gasteiger partial charge is 0.147 e. The van der Waals surface area contributed by atoms with Crippen molar-refractivity contribution < 1.29 is 0 Å². The van der Waals surface area contributed by atoms with Gasteiger partial charge in [0.1, 0.15) is 5.82 Å². The van der Waals surface area contributed by atoms with Gasteiger partial charge in [-0.1, -0.05) is 0 Å². The van der Waals surface area contributed by atoms with Gasteiger partial charge in [0.15, 0.2) is 0 Å². The summed E-state index contributed by atoms with van der Waals surface area (Å²) in [4.78, 5) is 10.7. The third kappa shape index (κ3) is 1.78. The largest absolute Gasteiger partial charge is 0.354 e. The van der Waals surface area contributed by atoms with Gasteiger partial charge in [-0.25, -0.2) is 4.98 Å². The van der Waals surface area contributed by atoms with Crippen molar-refractivity contribution in [2.45, 2.75) is 19.4 Å². The Morgan fingerprint density at radius 1 is 1.54 bits per heavy atom. The Kier molecular flexibility index (Phi) is 2.14. The van der Waals surface area contributed by atoms with E-state index in [-0.39, 0.29) is 0 Å². The number of nitrogens with two attached hydrogens (primary N) is 1. The van der Waals surface area contributed by atoms with Crippen LogP contribution in [0.2, 0.25) is 0 Å². The first-order chi connectivity index (χ1) is 6.25. The molecule has 0 bridgehead atoms. The molecule has 1 unspecified atom stereocenters. The Bertz CT molecular complexity index is 299.